The number of benzene rings is 2. The van der Waals surface area contributed by atoms with E-state index in [-0.39, 0.29) is 5.91 Å². The van der Waals surface area contributed by atoms with Gasteiger partial charge < -0.3 is 15.7 Å². The summed E-state index contributed by atoms with van der Waals surface area (Å²) in [6.45, 7) is 0.835. The lowest BCUT2D eigenvalue weighted by atomic mass is 9.84. The van der Waals surface area contributed by atoms with Crippen LogP contribution >= 0.6 is 0 Å². The molecule has 1 amide bonds. The SMILES string of the molecule is Nc1ccc(C2(O)CN(Cc3ccccc3)C2=O)cc1. The molecule has 3 rings (SSSR count). The Kier molecular flexibility index (Phi) is 2.95. The van der Waals surface area contributed by atoms with Crippen LogP contribution in [0.2, 0.25) is 0 Å². The first kappa shape index (κ1) is 12.7. The van der Waals surface area contributed by atoms with Crippen molar-refractivity contribution in [1.82, 2.24) is 4.90 Å². The molecule has 4 heteroatoms. The Labute approximate surface area is 117 Å². The van der Waals surface area contributed by atoms with Crippen molar-refractivity contribution in [3.63, 3.8) is 0 Å². The van der Waals surface area contributed by atoms with Crippen molar-refractivity contribution < 1.29 is 9.90 Å². The average Bonchev–Trinajstić information content (AvgIpc) is 2.48. The predicted molar refractivity (Wildman–Crippen MR) is 76.6 cm³/mol. The van der Waals surface area contributed by atoms with Gasteiger partial charge in [0.2, 0.25) is 0 Å². The number of hydrogen-bond donors (Lipinski definition) is 2. The van der Waals surface area contributed by atoms with Crippen LogP contribution in [0.5, 0.6) is 0 Å². The number of nitrogens with zero attached hydrogens (tertiary/aromatic N) is 1. The molecule has 20 heavy (non-hydrogen) atoms. The second kappa shape index (κ2) is 4.65. The summed E-state index contributed by atoms with van der Waals surface area (Å²) >= 11 is 0. The molecule has 2 aromatic carbocycles. The van der Waals surface area contributed by atoms with E-state index in [0.29, 0.717) is 24.3 Å². The zero-order chi connectivity index (χ0) is 14.2. The minimum Gasteiger partial charge on any atom is -0.399 e. The van der Waals surface area contributed by atoms with Crippen LogP contribution in [0.4, 0.5) is 5.69 Å². The van der Waals surface area contributed by atoms with Crippen molar-refractivity contribution in [2.24, 2.45) is 0 Å². The highest BCUT2D eigenvalue weighted by Gasteiger charge is 2.51. The van der Waals surface area contributed by atoms with Crippen molar-refractivity contribution in [3.8, 4) is 0 Å². The van der Waals surface area contributed by atoms with E-state index < -0.39 is 5.60 Å². The molecule has 0 aliphatic carbocycles. The molecule has 102 valence electrons. The van der Waals surface area contributed by atoms with Crippen LogP contribution in [0, 0.1) is 0 Å². The van der Waals surface area contributed by atoms with E-state index >= 15 is 0 Å². The fourth-order valence-corrected chi connectivity index (χ4v) is 2.49. The molecular formula is C16H16N2O2. The molecule has 1 unspecified atom stereocenters. The molecule has 1 aliphatic heterocycles. The summed E-state index contributed by atoms with van der Waals surface area (Å²) in [7, 11) is 0. The molecule has 1 aliphatic rings. The number of amides is 1. The summed E-state index contributed by atoms with van der Waals surface area (Å²) in [6.07, 6.45) is 0. The highest BCUT2D eigenvalue weighted by atomic mass is 16.3. The third-order valence-corrected chi connectivity index (χ3v) is 3.67. The van der Waals surface area contributed by atoms with Gasteiger partial charge in [0.1, 0.15) is 0 Å². The molecule has 0 aromatic heterocycles. The minimum absolute atomic E-state index is 0.258. The molecule has 1 saturated heterocycles. The molecule has 1 heterocycles. The Morgan fingerprint density at radius 2 is 1.75 bits per heavy atom. The van der Waals surface area contributed by atoms with E-state index in [9.17, 15) is 9.90 Å². The fourth-order valence-electron chi connectivity index (χ4n) is 2.49. The largest absolute Gasteiger partial charge is 0.399 e. The number of carbonyl (C=O) groups is 1. The lowest BCUT2D eigenvalue weighted by Gasteiger charge is -2.45. The number of β-amino-alcohol motifs (C(OH)–C–C–N with tert-alkyl or cyclic N) is 1. The number of nitrogens with two attached hydrogens (primary N) is 1. The third-order valence-electron chi connectivity index (χ3n) is 3.67. The third kappa shape index (κ3) is 2.04. The molecule has 1 atom stereocenters. The minimum atomic E-state index is -1.40. The lowest BCUT2D eigenvalue weighted by molar-refractivity contribution is -0.178. The summed E-state index contributed by atoms with van der Waals surface area (Å²) in [5.74, 6) is -0.258. The van der Waals surface area contributed by atoms with Crippen LogP contribution in [-0.2, 0) is 16.9 Å². The molecule has 0 radical (unpaired) electrons. The van der Waals surface area contributed by atoms with Crippen LogP contribution in [0.15, 0.2) is 54.6 Å². The van der Waals surface area contributed by atoms with Gasteiger partial charge >= 0.3 is 0 Å². The Morgan fingerprint density at radius 1 is 1.10 bits per heavy atom. The van der Waals surface area contributed by atoms with Gasteiger partial charge in [0.25, 0.3) is 5.91 Å². The first-order valence-electron chi connectivity index (χ1n) is 6.51. The van der Waals surface area contributed by atoms with Crippen LogP contribution in [0.3, 0.4) is 0 Å². The Hall–Kier alpha value is -2.33. The lowest BCUT2D eigenvalue weighted by Crippen LogP contribution is -2.63. The van der Waals surface area contributed by atoms with E-state index in [4.69, 9.17) is 5.73 Å². The molecule has 0 bridgehead atoms. The van der Waals surface area contributed by atoms with Gasteiger partial charge in [0.05, 0.1) is 6.54 Å². The number of β-lactam (4-membered cyclic amide) rings is 1. The Balaban J connectivity index is 1.74. The van der Waals surface area contributed by atoms with Crippen molar-refractivity contribution in [3.05, 3.63) is 65.7 Å². The Bertz CT molecular complexity index is 625. The smallest absolute Gasteiger partial charge is 0.261 e. The van der Waals surface area contributed by atoms with Gasteiger partial charge in [0, 0.05) is 12.2 Å². The maximum atomic E-state index is 12.2. The fraction of sp³-hybridized carbons (Fsp3) is 0.188. The van der Waals surface area contributed by atoms with Crippen LogP contribution in [-0.4, -0.2) is 22.5 Å². The molecule has 0 spiro atoms. The molecule has 0 saturated carbocycles. The first-order chi connectivity index (χ1) is 9.59. The van der Waals surface area contributed by atoms with Gasteiger partial charge in [-0.15, -0.1) is 0 Å². The van der Waals surface area contributed by atoms with E-state index in [1.807, 2.05) is 30.3 Å². The van der Waals surface area contributed by atoms with Gasteiger partial charge in [-0.1, -0.05) is 42.5 Å². The summed E-state index contributed by atoms with van der Waals surface area (Å²) < 4.78 is 0. The maximum Gasteiger partial charge on any atom is 0.261 e. The number of likely N-dealkylation sites (tertiary alicyclic amines) is 1. The average molecular weight is 268 g/mol. The number of anilines is 1. The van der Waals surface area contributed by atoms with Gasteiger partial charge in [-0.3, -0.25) is 4.79 Å². The highest BCUT2D eigenvalue weighted by molar-refractivity contribution is 5.92. The number of rotatable bonds is 3. The zero-order valence-electron chi connectivity index (χ0n) is 11.0. The van der Waals surface area contributed by atoms with E-state index in [1.54, 1.807) is 29.2 Å². The quantitative estimate of drug-likeness (QED) is 0.655. The molecule has 4 nitrogen and oxygen atoms in total. The number of carbonyl (C=O) groups excluding carboxylic acids is 1. The summed E-state index contributed by atoms with van der Waals surface area (Å²) in [6, 6.07) is 16.5. The van der Waals surface area contributed by atoms with Crippen molar-refractivity contribution in [2.75, 3.05) is 12.3 Å². The van der Waals surface area contributed by atoms with Crippen LogP contribution in [0.25, 0.3) is 0 Å². The monoisotopic (exact) mass is 268 g/mol. The normalized spacial score (nSPS) is 21.6. The van der Waals surface area contributed by atoms with Gasteiger partial charge in [0.15, 0.2) is 5.60 Å². The van der Waals surface area contributed by atoms with Crippen LogP contribution in [0.1, 0.15) is 11.1 Å². The van der Waals surface area contributed by atoms with E-state index in [0.717, 1.165) is 5.56 Å². The first-order valence-corrected chi connectivity index (χ1v) is 6.51. The summed E-state index contributed by atoms with van der Waals surface area (Å²) in [4.78, 5) is 13.9. The Morgan fingerprint density at radius 3 is 2.35 bits per heavy atom. The predicted octanol–water partition coefficient (Wildman–Crippen LogP) is 1.50. The van der Waals surface area contributed by atoms with E-state index in [1.165, 1.54) is 0 Å². The standard InChI is InChI=1S/C16H16N2O2/c17-14-8-6-13(7-9-14)16(20)11-18(15(16)19)10-12-4-2-1-3-5-12/h1-9,20H,10-11,17H2. The number of nitrogen functional groups attached to an aromatic ring is 1. The zero-order valence-corrected chi connectivity index (χ0v) is 11.0. The van der Waals surface area contributed by atoms with E-state index in [2.05, 4.69) is 0 Å². The van der Waals surface area contributed by atoms with Crippen molar-refractivity contribution in [1.29, 1.82) is 0 Å². The second-order valence-corrected chi connectivity index (χ2v) is 5.13. The van der Waals surface area contributed by atoms with Crippen molar-refractivity contribution in [2.45, 2.75) is 12.1 Å². The summed E-state index contributed by atoms with van der Waals surface area (Å²) in [5.41, 5.74) is 6.49. The summed E-state index contributed by atoms with van der Waals surface area (Å²) in [5, 5.41) is 10.5. The van der Waals surface area contributed by atoms with Gasteiger partial charge in [-0.05, 0) is 23.3 Å². The van der Waals surface area contributed by atoms with Gasteiger partial charge in [-0.2, -0.15) is 0 Å². The molecule has 1 fully saturated rings. The molecule has 2 aromatic rings. The maximum absolute atomic E-state index is 12.2. The number of aliphatic hydroxyl groups is 1. The molecule has 3 N–H and O–H groups in total. The van der Waals surface area contributed by atoms with Crippen LogP contribution < -0.4 is 5.73 Å². The van der Waals surface area contributed by atoms with Gasteiger partial charge in [-0.25, -0.2) is 0 Å². The number of hydrogen-bond acceptors (Lipinski definition) is 3. The highest BCUT2D eigenvalue weighted by Crippen LogP contribution is 2.34. The van der Waals surface area contributed by atoms with Crippen molar-refractivity contribution >= 4 is 11.6 Å². The topological polar surface area (TPSA) is 66.6 Å². The molecular weight excluding hydrogens is 252 g/mol. The second-order valence-electron chi connectivity index (χ2n) is 5.13.